The van der Waals surface area contributed by atoms with E-state index in [-0.39, 0.29) is 5.75 Å². The van der Waals surface area contributed by atoms with Gasteiger partial charge in [0.05, 0.1) is 0 Å². The Kier molecular flexibility index (Phi) is 8.27. The molecule has 7 heteroatoms. The van der Waals surface area contributed by atoms with E-state index in [0.717, 1.165) is 0 Å². The highest BCUT2D eigenvalue weighted by Gasteiger charge is 2.06. The molecule has 0 bridgehead atoms. The zero-order valence-electron chi connectivity index (χ0n) is 5.47. The lowest BCUT2D eigenvalue weighted by atomic mass is 10.4. The van der Waals surface area contributed by atoms with E-state index in [1.165, 1.54) is 0 Å². The van der Waals surface area contributed by atoms with E-state index in [1.54, 1.807) is 0 Å². The number of carboxylic acids is 1. The molecule has 1 unspecified atom stereocenters. The third-order valence-corrected chi connectivity index (χ3v) is 0.907. The fourth-order valence-corrected chi connectivity index (χ4v) is 0.234. The Balaban J connectivity index is 0. The van der Waals surface area contributed by atoms with Crippen molar-refractivity contribution in [1.82, 2.24) is 0 Å². The molecule has 0 aliphatic heterocycles. The lowest BCUT2D eigenvalue weighted by Gasteiger charge is -1.96. The van der Waals surface area contributed by atoms with E-state index in [2.05, 4.69) is 12.6 Å². The highest BCUT2D eigenvalue weighted by Crippen LogP contribution is 1.80. The average Bonchev–Trinajstić information content (AvgIpc) is 1.85. The molecular weight excluding hydrogens is 174 g/mol. The molecule has 66 valence electrons. The summed E-state index contributed by atoms with van der Waals surface area (Å²) in [5.41, 5.74) is 4.94. The lowest BCUT2D eigenvalue weighted by Crippen LogP contribution is -2.31. The lowest BCUT2D eigenvalue weighted by molar-refractivity contribution is -0.137. The van der Waals surface area contributed by atoms with Gasteiger partial charge in [-0.2, -0.15) is 12.6 Å². The molecule has 0 rings (SSSR count). The minimum atomic E-state index is -1.83. The van der Waals surface area contributed by atoms with Crippen LogP contribution in [-0.4, -0.2) is 39.2 Å². The second-order valence-corrected chi connectivity index (χ2v) is 1.78. The molecule has 0 aliphatic carbocycles. The average molecular weight is 183 g/mol. The van der Waals surface area contributed by atoms with Gasteiger partial charge < -0.3 is 21.1 Å². The standard InChI is InChI=1S/C3H7NO2S.CH2O3/c4-2(1-7)3(5)6;2-1(3)4/h2,7H,1,4H2,(H,5,6);(H2,2,3,4). The van der Waals surface area contributed by atoms with Crippen molar-refractivity contribution in [2.75, 3.05) is 5.75 Å². The maximum absolute atomic E-state index is 9.76. The van der Waals surface area contributed by atoms with Gasteiger partial charge in [-0.1, -0.05) is 0 Å². The number of nitrogens with two attached hydrogens (primary N) is 1. The molecule has 11 heavy (non-hydrogen) atoms. The first kappa shape index (κ1) is 12.7. The number of carboxylic acid groups (broad SMARTS) is 3. The van der Waals surface area contributed by atoms with Crippen LogP contribution in [0.25, 0.3) is 0 Å². The third-order valence-electron chi connectivity index (χ3n) is 0.514. The number of carbonyl (C=O) groups is 2. The summed E-state index contributed by atoms with van der Waals surface area (Å²) in [7, 11) is 0. The van der Waals surface area contributed by atoms with Gasteiger partial charge in [-0.15, -0.1) is 0 Å². The molecule has 0 amide bonds. The van der Waals surface area contributed by atoms with Crippen LogP contribution >= 0.6 is 12.6 Å². The van der Waals surface area contributed by atoms with Gasteiger partial charge in [0.2, 0.25) is 0 Å². The molecule has 1 atom stereocenters. The van der Waals surface area contributed by atoms with E-state index in [9.17, 15) is 4.79 Å². The highest BCUT2D eigenvalue weighted by atomic mass is 32.1. The van der Waals surface area contributed by atoms with Gasteiger partial charge in [0.15, 0.2) is 0 Å². The second kappa shape index (κ2) is 7.16. The maximum atomic E-state index is 9.76. The normalized spacial score (nSPS) is 10.7. The van der Waals surface area contributed by atoms with Crippen molar-refractivity contribution in [3.8, 4) is 0 Å². The summed E-state index contributed by atoms with van der Waals surface area (Å²) in [4.78, 5) is 18.3. The molecule has 0 aromatic rings. The number of hydrogen-bond acceptors (Lipinski definition) is 4. The van der Waals surface area contributed by atoms with E-state index < -0.39 is 18.2 Å². The quantitative estimate of drug-likeness (QED) is 0.370. The van der Waals surface area contributed by atoms with Crippen LogP contribution in [0.1, 0.15) is 0 Å². The molecule has 0 radical (unpaired) electrons. The van der Waals surface area contributed by atoms with Crippen molar-refractivity contribution in [3.05, 3.63) is 0 Å². The Hall–Kier alpha value is -0.950. The second-order valence-electron chi connectivity index (χ2n) is 1.41. The molecular formula is C4H9NO5S. The van der Waals surface area contributed by atoms with E-state index in [4.69, 9.17) is 25.8 Å². The van der Waals surface area contributed by atoms with Crippen molar-refractivity contribution in [1.29, 1.82) is 0 Å². The molecule has 0 aromatic carbocycles. The van der Waals surface area contributed by atoms with Crippen LogP contribution in [0.3, 0.4) is 0 Å². The summed E-state index contributed by atoms with van der Waals surface area (Å²) >= 11 is 3.65. The Bertz CT molecular complexity index is 134. The smallest absolute Gasteiger partial charge is 0.480 e. The summed E-state index contributed by atoms with van der Waals surface area (Å²) in [5, 5.41) is 22.0. The van der Waals surface area contributed by atoms with Gasteiger partial charge in [0.25, 0.3) is 0 Å². The van der Waals surface area contributed by atoms with E-state index in [1.807, 2.05) is 0 Å². The summed E-state index contributed by atoms with van der Waals surface area (Å²) in [6.07, 6.45) is -1.83. The predicted molar refractivity (Wildman–Crippen MR) is 40.1 cm³/mol. The van der Waals surface area contributed by atoms with Crippen molar-refractivity contribution in [2.24, 2.45) is 5.73 Å². The van der Waals surface area contributed by atoms with Crippen LogP contribution in [0.2, 0.25) is 0 Å². The Morgan fingerprint density at radius 1 is 1.36 bits per heavy atom. The molecule has 0 saturated carbocycles. The number of rotatable bonds is 2. The number of aliphatic carboxylic acids is 1. The Labute approximate surface area is 68.0 Å². The topological polar surface area (TPSA) is 121 Å². The zero-order valence-corrected chi connectivity index (χ0v) is 6.36. The Morgan fingerprint density at radius 3 is 1.64 bits per heavy atom. The van der Waals surface area contributed by atoms with Gasteiger partial charge >= 0.3 is 12.1 Å². The molecule has 0 heterocycles. The van der Waals surface area contributed by atoms with Crippen LogP contribution < -0.4 is 5.73 Å². The maximum Gasteiger partial charge on any atom is 0.503 e. The first-order valence-electron chi connectivity index (χ1n) is 2.43. The zero-order chi connectivity index (χ0) is 9.44. The van der Waals surface area contributed by atoms with Gasteiger partial charge in [-0.05, 0) is 0 Å². The first-order chi connectivity index (χ1) is 4.91. The number of thiol groups is 1. The van der Waals surface area contributed by atoms with Crippen molar-refractivity contribution in [2.45, 2.75) is 6.04 Å². The van der Waals surface area contributed by atoms with Crippen LogP contribution in [0, 0.1) is 0 Å². The summed E-state index contributed by atoms with van der Waals surface area (Å²) in [5.74, 6) is -0.815. The van der Waals surface area contributed by atoms with E-state index >= 15 is 0 Å². The van der Waals surface area contributed by atoms with Gasteiger partial charge in [-0.25, -0.2) is 4.79 Å². The molecule has 5 N–H and O–H groups in total. The van der Waals surface area contributed by atoms with Crippen molar-refractivity contribution < 1.29 is 24.9 Å². The minimum absolute atomic E-state index is 0.190. The minimum Gasteiger partial charge on any atom is -0.480 e. The van der Waals surface area contributed by atoms with Crippen LogP contribution in [-0.2, 0) is 4.79 Å². The molecule has 0 saturated heterocycles. The molecule has 0 spiro atoms. The third kappa shape index (κ3) is 17.6. The number of hydrogen-bond donors (Lipinski definition) is 5. The molecule has 0 fully saturated rings. The Morgan fingerprint density at radius 2 is 1.64 bits per heavy atom. The SMILES string of the molecule is NC(CS)C(=O)O.O=C(O)O. The highest BCUT2D eigenvalue weighted by molar-refractivity contribution is 7.80. The summed E-state index contributed by atoms with van der Waals surface area (Å²) < 4.78 is 0. The monoisotopic (exact) mass is 183 g/mol. The summed E-state index contributed by atoms with van der Waals surface area (Å²) in [6.45, 7) is 0. The van der Waals surface area contributed by atoms with E-state index in [0.29, 0.717) is 0 Å². The van der Waals surface area contributed by atoms with Crippen LogP contribution in [0.15, 0.2) is 0 Å². The molecule has 0 aliphatic rings. The largest absolute Gasteiger partial charge is 0.503 e. The molecule has 0 aromatic heterocycles. The van der Waals surface area contributed by atoms with Gasteiger partial charge in [0.1, 0.15) is 6.04 Å². The first-order valence-corrected chi connectivity index (χ1v) is 3.06. The fraction of sp³-hybridized carbons (Fsp3) is 0.500. The van der Waals surface area contributed by atoms with Gasteiger partial charge in [-0.3, -0.25) is 4.79 Å². The van der Waals surface area contributed by atoms with Crippen molar-refractivity contribution >= 4 is 24.8 Å². The fourth-order valence-electron chi connectivity index (χ4n) is 0.0781. The molecule has 6 nitrogen and oxygen atoms in total. The predicted octanol–water partition coefficient (Wildman–Crippen LogP) is -0.449. The summed E-state index contributed by atoms with van der Waals surface area (Å²) in [6, 6.07) is -0.816. The van der Waals surface area contributed by atoms with Crippen LogP contribution in [0.5, 0.6) is 0 Å². The van der Waals surface area contributed by atoms with Crippen LogP contribution in [0.4, 0.5) is 4.79 Å². The van der Waals surface area contributed by atoms with Crippen molar-refractivity contribution in [3.63, 3.8) is 0 Å². The van der Waals surface area contributed by atoms with Gasteiger partial charge in [0, 0.05) is 5.75 Å².